The molecule has 1 aromatic carbocycles. The molecule has 0 unspecified atom stereocenters. The molecule has 2 aromatic heterocycles. The van der Waals surface area contributed by atoms with Gasteiger partial charge in [0.05, 0.1) is 31.1 Å². The van der Waals surface area contributed by atoms with Gasteiger partial charge in [-0.3, -0.25) is 9.48 Å². The van der Waals surface area contributed by atoms with Gasteiger partial charge in [0.15, 0.2) is 0 Å². The lowest BCUT2D eigenvalue weighted by atomic mass is 9.89. The Balaban J connectivity index is 1.35. The molecule has 1 saturated heterocycles. The smallest absolute Gasteiger partial charge is 0.254 e. The summed E-state index contributed by atoms with van der Waals surface area (Å²) in [5, 5.41) is 14.1. The van der Waals surface area contributed by atoms with Crippen LogP contribution in [0.2, 0.25) is 0 Å². The Morgan fingerprint density at radius 3 is 2.71 bits per heavy atom. The van der Waals surface area contributed by atoms with Crippen LogP contribution in [0.4, 0.5) is 0 Å². The van der Waals surface area contributed by atoms with Crippen molar-refractivity contribution in [2.75, 3.05) is 13.2 Å². The second-order valence-electron chi connectivity index (χ2n) is 10.1. The molecule has 7 nitrogen and oxygen atoms in total. The molecule has 1 aliphatic carbocycles. The van der Waals surface area contributed by atoms with Crippen LogP contribution in [0, 0.1) is 16.7 Å². The Morgan fingerprint density at radius 2 is 1.97 bits per heavy atom. The van der Waals surface area contributed by atoms with Crippen LogP contribution in [-0.2, 0) is 17.8 Å². The highest BCUT2D eigenvalue weighted by Gasteiger charge is 2.36. The number of ether oxygens (including phenoxy) is 1. The van der Waals surface area contributed by atoms with E-state index in [0.29, 0.717) is 42.1 Å². The second-order valence-corrected chi connectivity index (χ2v) is 10.1. The lowest BCUT2D eigenvalue weighted by Crippen LogP contribution is -2.48. The van der Waals surface area contributed by atoms with E-state index < -0.39 is 0 Å². The van der Waals surface area contributed by atoms with Crippen molar-refractivity contribution in [2.45, 2.75) is 51.7 Å². The number of hydrogen-bond acceptors (Lipinski definition) is 5. The summed E-state index contributed by atoms with van der Waals surface area (Å²) in [6.45, 7) is 5.07. The van der Waals surface area contributed by atoms with E-state index in [1.807, 2.05) is 40.0 Å². The molecule has 2 aliphatic heterocycles. The summed E-state index contributed by atoms with van der Waals surface area (Å²) < 4.78 is 7.32. The number of carbonyl (C=O) groups excluding carboxylic acids is 1. The maximum absolute atomic E-state index is 13.1. The molecule has 6 rings (SSSR count). The van der Waals surface area contributed by atoms with Gasteiger partial charge >= 0.3 is 0 Å². The molecule has 4 heterocycles. The average Bonchev–Trinajstić information content (AvgIpc) is 3.52. The van der Waals surface area contributed by atoms with Crippen molar-refractivity contribution in [1.82, 2.24) is 19.7 Å². The highest BCUT2D eigenvalue weighted by atomic mass is 16.5. The van der Waals surface area contributed by atoms with Crippen LogP contribution in [0.15, 0.2) is 42.7 Å². The number of hydrogen-bond donors (Lipinski definition) is 0. The highest BCUT2D eigenvalue weighted by molar-refractivity contribution is 6.00. The molecular formula is C27H27N5O2. The Bertz CT molecular complexity index is 1310. The summed E-state index contributed by atoms with van der Waals surface area (Å²) >= 11 is 0. The van der Waals surface area contributed by atoms with Crippen LogP contribution in [0.3, 0.4) is 0 Å². The van der Waals surface area contributed by atoms with Gasteiger partial charge in [0.2, 0.25) is 0 Å². The minimum absolute atomic E-state index is 0.0424. The fraction of sp³-hybridized carbons (Fsp3) is 0.407. The van der Waals surface area contributed by atoms with Crippen molar-refractivity contribution in [3.05, 3.63) is 59.5 Å². The van der Waals surface area contributed by atoms with Crippen molar-refractivity contribution in [2.24, 2.45) is 5.41 Å². The Labute approximate surface area is 199 Å². The molecule has 0 N–H and O–H groups in total. The third kappa shape index (κ3) is 3.59. The summed E-state index contributed by atoms with van der Waals surface area (Å²) in [5.41, 5.74) is 5.80. The first-order valence-corrected chi connectivity index (χ1v) is 12.0. The molecule has 2 fully saturated rings. The van der Waals surface area contributed by atoms with Gasteiger partial charge in [-0.05, 0) is 42.0 Å². The maximum atomic E-state index is 13.1. The molecule has 3 aromatic rings. The topological polar surface area (TPSA) is 84.0 Å². The van der Waals surface area contributed by atoms with E-state index >= 15 is 0 Å². The van der Waals surface area contributed by atoms with Gasteiger partial charge in [-0.25, -0.2) is 4.98 Å². The van der Waals surface area contributed by atoms with E-state index in [9.17, 15) is 10.1 Å². The van der Waals surface area contributed by atoms with Gasteiger partial charge in [0.1, 0.15) is 11.8 Å². The minimum Gasteiger partial charge on any atom is -0.377 e. The number of rotatable bonds is 5. The monoisotopic (exact) mass is 453 g/mol. The molecule has 1 saturated carbocycles. The van der Waals surface area contributed by atoms with Crippen LogP contribution < -0.4 is 0 Å². The van der Waals surface area contributed by atoms with Crippen LogP contribution in [0.1, 0.15) is 54.2 Å². The highest BCUT2D eigenvalue weighted by Crippen LogP contribution is 2.39. The molecule has 7 heteroatoms. The molecule has 0 radical (unpaired) electrons. The van der Waals surface area contributed by atoms with E-state index in [2.05, 4.69) is 29.3 Å². The van der Waals surface area contributed by atoms with E-state index in [-0.39, 0.29) is 11.9 Å². The van der Waals surface area contributed by atoms with Crippen molar-refractivity contribution in [1.29, 1.82) is 5.26 Å². The lowest BCUT2D eigenvalue weighted by Gasteiger charge is -2.34. The van der Waals surface area contributed by atoms with Crippen LogP contribution >= 0.6 is 0 Å². The number of amides is 1. The fourth-order valence-corrected chi connectivity index (χ4v) is 5.51. The lowest BCUT2D eigenvalue weighted by molar-refractivity contribution is -0.0540. The van der Waals surface area contributed by atoms with Crippen molar-refractivity contribution < 1.29 is 9.53 Å². The number of nitrogens with zero attached hydrogens (tertiary/aromatic N) is 5. The summed E-state index contributed by atoms with van der Waals surface area (Å²) in [7, 11) is 0. The Hall–Kier alpha value is -3.50. The molecule has 34 heavy (non-hydrogen) atoms. The average molecular weight is 454 g/mol. The molecule has 0 spiro atoms. The van der Waals surface area contributed by atoms with E-state index in [1.54, 1.807) is 6.07 Å². The first-order valence-electron chi connectivity index (χ1n) is 12.0. The number of nitriles is 1. The standard InChI is InChI=1S/C27H27N5O2/c1-27(8-2-3-9-27)17-31-13-20(12-29-31)23-7-6-21(11-28)30-25(23)18-4-5-19-14-32(22-15-34-16-22)26(33)24(19)10-18/h4-7,10,12-13,22H,2-3,8-9,14-17H2,1H3. The van der Waals surface area contributed by atoms with Crippen LogP contribution in [0.25, 0.3) is 22.4 Å². The van der Waals surface area contributed by atoms with E-state index in [0.717, 1.165) is 28.8 Å². The summed E-state index contributed by atoms with van der Waals surface area (Å²) in [4.78, 5) is 19.6. The van der Waals surface area contributed by atoms with Gasteiger partial charge in [0.25, 0.3) is 5.91 Å². The van der Waals surface area contributed by atoms with E-state index in [4.69, 9.17) is 4.74 Å². The van der Waals surface area contributed by atoms with Crippen LogP contribution in [0.5, 0.6) is 0 Å². The molecule has 172 valence electrons. The zero-order chi connectivity index (χ0) is 23.3. The van der Waals surface area contributed by atoms with Gasteiger partial charge in [-0.1, -0.05) is 31.9 Å². The SMILES string of the molecule is CC1(Cn2cc(-c3ccc(C#N)nc3-c3ccc4c(c3)C(=O)N(C3COC3)C4)cn2)CCCC1. The number of fused-ring (bicyclic) bond motifs is 1. The zero-order valence-corrected chi connectivity index (χ0v) is 19.3. The number of benzene rings is 1. The first kappa shape index (κ1) is 21.1. The Kier molecular flexibility index (Phi) is 5.00. The molecular weight excluding hydrogens is 426 g/mol. The quantitative estimate of drug-likeness (QED) is 0.571. The van der Waals surface area contributed by atoms with Gasteiger partial charge < -0.3 is 9.64 Å². The van der Waals surface area contributed by atoms with Crippen molar-refractivity contribution in [3.8, 4) is 28.5 Å². The van der Waals surface area contributed by atoms with Gasteiger partial charge in [-0.2, -0.15) is 10.4 Å². The number of pyridine rings is 1. The zero-order valence-electron chi connectivity index (χ0n) is 19.3. The minimum atomic E-state index is 0.0424. The molecule has 0 bridgehead atoms. The molecule has 1 amide bonds. The second kappa shape index (κ2) is 8.07. The summed E-state index contributed by atoms with van der Waals surface area (Å²) in [6, 6.07) is 11.9. The fourth-order valence-electron chi connectivity index (χ4n) is 5.51. The Morgan fingerprint density at radius 1 is 1.15 bits per heavy atom. The third-order valence-electron chi connectivity index (χ3n) is 7.58. The third-order valence-corrected chi connectivity index (χ3v) is 7.58. The van der Waals surface area contributed by atoms with Crippen LogP contribution in [-0.4, -0.2) is 44.8 Å². The van der Waals surface area contributed by atoms with Crippen molar-refractivity contribution >= 4 is 5.91 Å². The number of carbonyl (C=O) groups is 1. The van der Waals surface area contributed by atoms with Gasteiger partial charge in [0, 0.05) is 41.5 Å². The largest absolute Gasteiger partial charge is 0.377 e. The predicted molar refractivity (Wildman–Crippen MR) is 127 cm³/mol. The number of aromatic nitrogens is 3. The molecule has 3 aliphatic rings. The predicted octanol–water partition coefficient (Wildman–Crippen LogP) is 4.42. The van der Waals surface area contributed by atoms with Crippen molar-refractivity contribution in [3.63, 3.8) is 0 Å². The van der Waals surface area contributed by atoms with Gasteiger partial charge in [-0.15, -0.1) is 0 Å². The first-order chi connectivity index (χ1) is 16.5. The maximum Gasteiger partial charge on any atom is 0.254 e. The summed E-state index contributed by atoms with van der Waals surface area (Å²) in [6.07, 6.45) is 9.00. The van der Waals surface area contributed by atoms with E-state index in [1.165, 1.54) is 25.7 Å². The molecule has 0 atom stereocenters. The summed E-state index contributed by atoms with van der Waals surface area (Å²) in [5.74, 6) is 0.0424. The normalized spacial score (nSPS) is 19.2.